The van der Waals surface area contributed by atoms with Crippen LogP contribution in [0, 0.1) is 0 Å². The molecule has 0 aliphatic heterocycles. The Labute approximate surface area is 105 Å². The van der Waals surface area contributed by atoms with Crippen LogP contribution in [0.15, 0.2) is 36.4 Å². The van der Waals surface area contributed by atoms with Crippen molar-refractivity contribution in [2.45, 2.75) is 13.3 Å². The summed E-state index contributed by atoms with van der Waals surface area (Å²) in [7, 11) is 0. The number of aromatic nitrogens is 1. The van der Waals surface area contributed by atoms with Gasteiger partial charge in [-0.05, 0) is 29.7 Å². The monoisotopic (exact) mass is 242 g/mol. The average Bonchev–Trinajstić information content (AvgIpc) is 2.39. The second kappa shape index (κ2) is 4.87. The Balaban J connectivity index is 2.52. The van der Waals surface area contributed by atoms with E-state index >= 15 is 0 Å². The van der Waals surface area contributed by atoms with E-state index in [1.807, 2.05) is 24.3 Å². The van der Waals surface area contributed by atoms with E-state index in [4.69, 9.17) is 10.8 Å². The van der Waals surface area contributed by atoms with Crippen molar-refractivity contribution in [3.05, 3.63) is 47.7 Å². The number of hydrogen-bond donors (Lipinski definition) is 2. The lowest BCUT2D eigenvalue weighted by atomic mass is 10.0. The van der Waals surface area contributed by atoms with Crippen molar-refractivity contribution in [2.75, 3.05) is 5.73 Å². The van der Waals surface area contributed by atoms with Crippen molar-refractivity contribution >= 4 is 11.8 Å². The molecule has 0 bridgehead atoms. The van der Waals surface area contributed by atoms with Crippen molar-refractivity contribution < 1.29 is 9.90 Å². The molecule has 4 heteroatoms. The summed E-state index contributed by atoms with van der Waals surface area (Å²) in [5.41, 5.74) is 8.12. The van der Waals surface area contributed by atoms with Gasteiger partial charge in [0, 0.05) is 5.56 Å². The number of hydrogen-bond acceptors (Lipinski definition) is 3. The van der Waals surface area contributed by atoms with Gasteiger partial charge in [0.15, 0.2) is 5.69 Å². The molecule has 0 aliphatic rings. The Hall–Kier alpha value is -2.36. The lowest BCUT2D eigenvalue weighted by molar-refractivity contribution is 0.0691. The van der Waals surface area contributed by atoms with E-state index in [1.165, 1.54) is 5.56 Å². The maximum absolute atomic E-state index is 11.2. The molecule has 0 radical (unpaired) electrons. The highest BCUT2D eigenvalue weighted by Gasteiger charge is 2.13. The molecule has 0 unspecified atom stereocenters. The number of aromatic carboxylic acids is 1. The molecule has 0 atom stereocenters. The summed E-state index contributed by atoms with van der Waals surface area (Å²) >= 11 is 0. The fourth-order valence-electron chi connectivity index (χ4n) is 1.79. The first-order chi connectivity index (χ1) is 8.61. The van der Waals surface area contributed by atoms with Crippen LogP contribution in [0.25, 0.3) is 11.1 Å². The highest BCUT2D eigenvalue weighted by Crippen LogP contribution is 2.24. The Morgan fingerprint density at radius 3 is 2.44 bits per heavy atom. The van der Waals surface area contributed by atoms with Gasteiger partial charge in [0.2, 0.25) is 0 Å². The summed E-state index contributed by atoms with van der Waals surface area (Å²) in [5, 5.41) is 9.13. The van der Waals surface area contributed by atoms with Crippen molar-refractivity contribution in [3.8, 4) is 11.1 Å². The SMILES string of the molecule is CCc1ccc(-c2ccc(N)nc2C(=O)O)cc1. The molecule has 0 saturated heterocycles. The molecular weight excluding hydrogens is 228 g/mol. The molecular formula is C14H14N2O2. The van der Waals surface area contributed by atoms with Crippen LogP contribution in [0.4, 0.5) is 5.82 Å². The van der Waals surface area contributed by atoms with E-state index in [2.05, 4.69) is 11.9 Å². The quantitative estimate of drug-likeness (QED) is 0.867. The van der Waals surface area contributed by atoms with Crippen LogP contribution >= 0.6 is 0 Å². The van der Waals surface area contributed by atoms with Crippen LogP contribution in [0.5, 0.6) is 0 Å². The third-order valence-corrected chi connectivity index (χ3v) is 2.79. The normalized spacial score (nSPS) is 10.3. The largest absolute Gasteiger partial charge is 0.476 e. The molecule has 0 saturated carbocycles. The number of carbonyl (C=O) groups is 1. The zero-order valence-electron chi connectivity index (χ0n) is 10.1. The highest BCUT2D eigenvalue weighted by atomic mass is 16.4. The predicted molar refractivity (Wildman–Crippen MR) is 70.4 cm³/mol. The smallest absolute Gasteiger partial charge is 0.355 e. The highest BCUT2D eigenvalue weighted by molar-refractivity contribution is 5.94. The van der Waals surface area contributed by atoms with Crippen molar-refractivity contribution in [3.63, 3.8) is 0 Å². The molecule has 1 heterocycles. The summed E-state index contributed by atoms with van der Waals surface area (Å²) in [5.74, 6) is -0.863. The fraction of sp³-hybridized carbons (Fsp3) is 0.143. The molecule has 0 aliphatic carbocycles. The van der Waals surface area contributed by atoms with Crippen molar-refractivity contribution in [1.29, 1.82) is 0 Å². The number of nitrogens with two attached hydrogens (primary N) is 1. The Morgan fingerprint density at radius 2 is 1.89 bits per heavy atom. The first kappa shape index (κ1) is 12.1. The molecule has 2 aromatic rings. The first-order valence-corrected chi connectivity index (χ1v) is 5.71. The number of nitrogens with zero attached hydrogens (tertiary/aromatic N) is 1. The second-order valence-corrected chi connectivity index (χ2v) is 3.99. The van der Waals surface area contributed by atoms with Gasteiger partial charge in [0.05, 0.1) is 0 Å². The zero-order valence-corrected chi connectivity index (χ0v) is 10.1. The summed E-state index contributed by atoms with van der Waals surface area (Å²) in [6.07, 6.45) is 0.950. The maximum Gasteiger partial charge on any atom is 0.355 e. The minimum atomic E-state index is -1.07. The standard InChI is InChI=1S/C14H14N2O2/c1-2-9-3-5-10(6-4-9)11-7-8-12(15)16-13(11)14(17)18/h3-8H,2H2,1H3,(H2,15,16)(H,17,18). The molecule has 4 nitrogen and oxygen atoms in total. The molecule has 2 rings (SSSR count). The van der Waals surface area contributed by atoms with Crippen molar-refractivity contribution in [2.24, 2.45) is 0 Å². The van der Waals surface area contributed by atoms with Gasteiger partial charge in [-0.15, -0.1) is 0 Å². The average molecular weight is 242 g/mol. The predicted octanol–water partition coefficient (Wildman–Crippen LogP) is 2.59. The van der Waals surface area contributed by atoms with Gasteiger partial charge in [0.25, 0.3) is 0 Å². The maximum atomic E-state index is 11.2. The minimum absolute atomic E-state index is 0.0146. The van der Waals surface area contributed by atoms with Crippen LogP contribution in [-0.4, -0.2) is 16.1 Å². The molecule has 92 valence electrons. The van der Waals surface area contributed by atoms with Gasteiger partial charge in [0.1, 0.15) is 5.82 Å². The summed E-state index contributed by atoms with van der Waals surface area (Å²) in [6, 6.07) is 11.1. The topological polar surface area (TPSA) is 76.2 Å². The van der Waals surface area contributed by atoms with E-state index in [0.29, 0.717) is 5.56 Å². The molecule has 0 fully saturated rings. The van der Waals surface area contributed by atoms with Gasteiger partial charge >= 0.3 is 5.97 Å². The van der Waals surface area contributed by atoms with Crippen LogP contribution in [-0.2, 0) is 6.42 Å². The Bertz CT molecular complexity index is 577. The molecule has 1 aromatic heterocycles. The molecule has 0 amide bonds. The number of aryl methyl sites for hydroxylation is 1. The van der Waals surface area contributed by atoms with Crippen LogP contribution in [0.2, 0.25) is 0 Å². The van der Waals surface area contributed by atoms with Crippen LogP contribution in [0.3, 0.4) is 0 Å². The molecule has 0 spiro atoms. The Morgan fingerprint density at radius 1 is 1.22 bits per heavy atom. The molecule has 18 heavy (non-hydrogen) atoms. The van der Waals surface area contributed by atoms with E-state index in [-0.39, 0.29) is 11.5 Å². The lowest BCUT2D eigenvalue weighted by Crippen LogP contribution is -2.05. The fourth-order valence-corrected chi connectivity index (χ4v) is 1.79. The number of anilines is 1. The van der Waals surface area contributed by atoms with Gasteiger partial charge in [-0.2, -0.15) is 0 Å². The summed E-state index contributed by atoms with van der Waals surface area (Å²) in [4.78, 5) is 15.0. The van der Waals surface area contributed by atoms with Crippen molar-refractivity contribution in [1.82, 2.24) is 4.98 Å². The number of nitrogen functional groups attached to an aromatic ring is 1. The minimum Gasteiger partial charge on any atom is -0.476 e. The first-order valence-electron chi connectivity index (χ1n) is 5.71. The zero-order chi connectivity index (χ0) is 13.1. The van der Waals surface area contributed by atoms with Gasteiger partial charge in [-0.25, -0.2) is 9.78 Å². The molecule has 3 N–H and O–H groups in total. The number of pyridine rings is 1. The number of carboxylic acids is 1. The van der Waals surface area contributed by atoms with Gasteiger partial charge in [-0.3, -0.25) is 0 Å². The summed E-state index contributed by atoms with van der Waals surface area (Å²) < 4.78 is 0. The molecule has 1 aromatic carbocycles. The van der Waals surface area contributed by atoms with E-state index in [9.17, 15) is 4.79 Å². The van der Waals surface area contributed by atoms with Crippen LogP contribution in [0.1, 0.15) is 23.0 Å². The second-order valence-electron chi connectivity index (χ2n) is 3.99. The van der Waals surface area contributed by atoms with Gasteiger partial charge < -0.3 is 10.8 Å². The number of benzene rings is 1. The van der Waals surface area contributed by atoms with E-state index in [0.717, 1.165) is 12.0 Å². The third kappa shape index (κ3) is 2.32. The third-order valence-electron chi connectivity index (χ3n) is 2.79. The van der Waals surface area contributed by atoms with Gasteiger partial charge in [-0.1, -0.05) is 31.2 Å². The lowest BCUT2D eigenvalue weighted by Gasteiger charge is -2.07. The summed E-state index contributed by atoms with van der Waals surface area (Å²) in [6.45, 7) is 2.07. The van der Waals surface area contributed by atoms with E-state index < -0.39 is 5.97 Å². The Kier molecular flexibility index (Phi) is 3.28. The number of carboxylic acid groups (broad SMARTS) is 1. The van der Waals surface area contributed by atoms with Crippen LogP contribution < -0.4 is 5.73 Å². The van der Waals surface area contributed by atoms with E-state index in [1.54, 1.807) is 12.1 Å². The number of rotatable bonds is 3.